The van der Waals surface area contributed by atoms with E-state index in [9.17, 15) is 18.3 Å². The Hall–Kier alpha value is -1.15. The summed E-state index contributed by atoms with van der Waals surface area (Å²) < 4.78 is 25.5. The Morgan fingerprint density at radius 1 is 1.35 bits per heavy atom. The van der Waals surface area contributed by atoms with E-state index >= 15 is 0 Å². The van der Waals surface area contributed by atoms with Gasteiger partial charge in [0.1, 0.15) is 6.04 Å². The van der Waals surface area contributed by atoms with Gasteiger partial charge >= 0.3 is 5.97 Å². The normalized spacial score (nSPS) is 19.3. The van der Waals surface area contributed by atoms with Crippen LogP contribution in [0.1, 0.15) is 24.8 Å². The van der Waals surface area contributed by atoms with Crippen LogP contribution in [0.2, 0.25) is 0 Å². The number of likely N-dealkylation sites (tertiary alicyclic amines) is 1. The van der Waals surface area contributed by atoms with Crippen molar-refractivity contribution in [1.29, 1.82) is 0 Å². The fraction of sp³-hybridized carbons (Fsp3) is 0.533. The molecule has 0 amide bonds. The van der Waals surface area contributed by atoms with Crippen molar-refractivity contribution in [3.8, 4) is 0 Å². The first kappa shape index (κ1) is 19.9. The summed E-state index contributed by atoms with van der Waals surface area (Å²) in [4.78, 5) is 13.5. The second-order valence-corrected chi connectivity index (χ2v) is 7.91. The van der Waals surface area contributed by atoms with E-state index in [0.29, 0.717) is 13.0 Å². The molecular weight excluding hydrogens is 340 g/mol. The summed E-state index contributed by atoms with van der Waals surface area (Å²) >= 11 is 0. The number of piperidine rings is 1. The van der Waals surface area contributed by atoms with Crippen LogP contribution in [-0.2, 0) is 21.4 Å². The number of nitrogens with zero attached hydrogens (tertiary/aromatic N) is 2. The zero-order valence-corrected chi connectivity index (χ0v) is 14.9. The van der Waals surface area contributed by atoms with E-state index in [0.717, 1.165) is 24.9 Å². The van der Waals surface area contributed by atoms with Gasteiger partial charge in [-0.1, -0.05) is 18.6 Å². The van der Waals surface area contributed by atoms with Crippen LogP contribution in [0.3, 0.4) is 0 Å². The van der Waals surface area contributed by atoms with Crippen LogP contribution in [0.4, 0.5) is 0 Å². The molecule has 0 aromatic heterocycles. The highest BCUT2D eigenvalue weighted by Gasteiger charge is 2.28. The average molecular weight is 363 g/mol. The van der Waals surface area contributed by atoms with Crippen molar-refractivity contribution in [2.75, 3.05) is 20.6 Å². The summed E-state index contributed by atoms with van der Waals surface area (Å²) in [7, 11) is -0.485. The van der Waals surface area contributed by atoms with Gasteiger partial charge in [0.05, 0.1) is 4.90 Å². The molecule has 1 unspecified atom stereocenters. The highest BCUT2D eigenvalue weighted by atomic mass is 35.5. The zero-order chi connectivity index (χ0) is 16.3. The van der Waals surface area contributed by atoms with Gasteiger partial charge in [0.15, 0.2) is 0 Å². The summed E-state index contributed by atoms with van der Waals surface area (Å²) in [5.74, 6) is -0.809. The minimum Gasteiger partial charge on any atom is -0.480 e. The third kappa shape index (κ3) is 4.67. The molecule has 8 heteroatoms. The molecule has 0 radical (unpaired) electrons. The highest BCUT2D eigenvalue weighted by molar-refractivity contribution is 7.89. The Bertz CT molecular complexity index is 649. The fourth-order valence-electron chi connectivity index (χ4n) is 2.71. The maximum atomic E-state index is 12.2. The molecule has 0 bridgehead atoms. The Labute approximate surface area is 143 Å². The Morgan fingerprint density at radius 2 is 2.04 bits per heavy atom. The van der Waals surface area contributed by atoms with Crippen molar-refractivity contribution in [1.82, 2.24) is 9.21 Å². The van der Waals surface area contributed by atoms with Crippen LogP contribution >= 0.6 is 12.4 Å². The van der Waals surface area contributed by atoms with Crippen LogP contribution < -0.4 is 0 Å². The van der Waals surface area contributed by atoms with Gasteiger partial charge in [-0.3, -0.25) is 9.69 Å². The summed E-state index contributed by atoms with van der Waals surface area (Å²) in [6, 6.07) is 6.24. The van der Waals surface area contributed by atoms with E-state index in [1.54, 1.807) is 18.2 Å². The van der Waals surface area contributed by atoms with Crippen molar-refractivity contribution >= 4 is 28.4 Å². The van der Waals surface area contributed by atoms with Crippen LogP contribution in [-0.4, -0.2) is 55.4 Å². The molecule has 1 aromatic rings. The van der Waals surface area contributed by atoms with Gasteiger partial charge in [0.25, 0.3) is 0 Å². The van der Waals surface area contributed by atoms with Crippen molar-refractivity contribution in [2.24, 2.45) is 0 Å². The molecule has 1 N–H and O–H groups in total. The number of sulfonamides is 1. The minimum absolute atomic E-state index is 0. The first-order valence-electron chi connectivity index (χ1n) is 7.30. The van der Waals surface area contributed by atoms with Gasteiger partial charge in [-0.2, -0.15) is 0 Å². The van der Waals surface area contributed by atoms with E-state index in [-0.39, 0.29) is 17.3 Å². The third-order valence-electron chi connectivity index (χ3n) is 3.96. The van der Waals surface area contributed by atoms with Crippen molar-refractivity contribution in [3.05, 3.63) is 29.8 Å². The zero-order valence-electron chi connectivity index (χ0n) is 13.3. The average Bonchev–Trinajstić information content (AvgIpc) is 2.47. The van der Waals surface area contributed by atoms with Gasteiger partial charge in [0, 0.05) is 20.6 Å². The van der Waals surface area contributed by atoms with Crippen molar-refractivity contribution in [3.63, 3.8) is 0 Å². The topological polar surface area (TPSA) is 77.9 Å². The van der Waals surface area contributed by atoms with E-state index < -0.39 is 22.0 Å². The van der Waals surface area contributed by atoms with Gasteiger partial charge < -0.3 is 5.11 Å². The van der Waals surface area contributed by atoms with E-state index in [4.69, 9.17) is 0 Å². The molecule has 1 aromatic carbocycles. The molecular formula is C15H23ClN2O4S. The quantitative estimate of drug-likeness (QED) is 0.864. The van der Waals surface area contributed by atoms with Crippen LogP contribution in [0.5, 0.6) is 0 Å². The fourth-order valence-corrected chi connectivity index (χ4v) is 3.68. The number of carboxylic acids is 1. The predicted molar refractivity (Wildman–Crippen MR) is 90.2 cm³/mol. The number of benzene rings is 1. The van der Waals surface area contributed by atoms with Gasteiger partial charge in [0.2, 0.25) is 10.0 Å². The number of carboxylic acid groups (broad SMARTS) is 1. The van der Waals surface area contributed by atoms with E-state index in [2.05, 4.69) is 0 Å². The number of carbonyl (C=O) groups is 1. The lowest BCUT2D eigenvalue weighted by atomic mass is 10.0. The Kier molecular flexibility index (Phi) is 7.01. The summed E-state index contributed by atoms with van der Waals surface area (Å²) in [5.41, 5.74) is 0.816. The largest absolute Gasteiger partial charge is 0.480 e. The predicted octanol–water partition coefficient (Wildman–Crippen LogP) is 1.80. The minimum atomic E-state index is -3.47. The molecule has 1 aliphatic heterocycles. The molecule has 0 aliphatic carbocycles. The number of hydrogen-bond acceptors (Lipinski definition) is 4. The standard InChI is InChI=1S/C15H22N2O4S.ClH/c1-16(2)22(20,21)13-7-5-6-12(10-13)11-17-9-4-3-8-14(17)15(18)19;/h5-7,10,14H,3-4,8-9,11H2,1-2H3,(H,18,19);1H. The molecule has 1 saturated heterocycles. The number of hydrogen-bond donors (Lipinski definition) is 1. The monoisotopic (exact) mass is 362 g/mol. The lowest BCUT2D eigenvalue weighted by Gasteiger charge is -2.32. The third-order valence-corrected chi connectivity index (χ3v) is 5.77. The molecule has 2 rings (SSSR count). The second-order valence-electron chi connectivity index (χ2n) is 5.76. The smallest absolute Gasteiger partial charge is 0.320 e. The van der Waals surface area contributed by atoms with E-state index in [1.807, 2.05) is 11.0 Å². The van der Waals surface area contributed by atoms with Gasteiger partial charge in [-0.15, -0.1) is 12.4 Å². The molecule has 0 spiro atoms. The SMILES string of the molecule is CN(C)S(=O)(=O)c1cccc(CN2CCCCC2C(=O)O)c1.Cl. The maximum absolute atomic E-state index is 12.2. The van der Waals surface area contributed by atoms with Crippen molar-refractivity contribution < 1.29 is 18.3 Å². The Balaban J connectivity index is 0.00000264. The van der Waals surface area contributed by atoms with Crippen molar-refractivity contribution in [2.45, 2.75) is 36.7 Å². The molecule has 0 saturated carbocycles. The highest BCUT2D eigenvalue weighted by Crippen LogP contribution is 2.21. The number of rotatable bonds is 5. The summed E-state index contributed by atoms with van der Waals surface area (Å²) in [5, 5.41) is 9.30. The number of halogens is 1. The number of aliphatic carboxylic acids is 1. The molecule has 1 heterocycles. The van der Waals surface area contributed by atoms with Crippen LogP contribution in [0.25, 0.3) is 0 Å². The molecule has 6 nitrogen and oxygen atoms in total. The first-order valence-corrected chi connectivity index (χ1v) is 8.74. The van der Waals surface area contributed by atoms with Crippen LogP contribution in [0.15, 0.2) is 29.2 Å². The summed E-state index contributed by atoms with van der Waals surface area (Å²) in [6.45, 7) is 1.18. The molecule has 1 fully saturated rings. The Morgan fingerprint density at radius 3 is 2.65 bits per heavy atom. The molecule has 23 heavy (non-hydrogen) atoms. The summed E-state index contributed by atoms with van der Waals surface area (Å²) in [6.07, 6.45) is 2.53. The van der Waals surface area contributed by atoms with Gasteiger partial charge in [-0.05, 0) is 37.1 Å². The lowest BCUT2D eigenvalue weighted by molar-refractivity contribution is -0.144. The second kappa shape index (κ2) is 8.10. The maximum Gasteiger partial charge on any atom is 0.320 e. The molecule has 130 valence electrons. The van der Waals surface area contributed by atoms with Crippen LogP contribution in [0, 0.1) is 0 Å². The molecule has 1 aliphatic rings. The molecule has 1 atom stereocenters. The van der Waals surface area contributed by atoms with E-state index in [1.165, 1.54) is 18.4 Å². The lowest BCUT2D eigenvalue weighted by Crippen LogP contribution is -2.44. The first-order chi connectivity index (χ1) is 10.3. The van der Waals surface area contributed by atoms with Gasteiger partial charge in [-0.25, -0.2) is 12.7 Å².